The Balaban J connectivity index is 2.61. The van der Waals surface area contributed by atoms with Crippen LogP contribution in [0.3, 0.4) is 0 Å². The zero-order valence-corrected chi connectivity index (χ0v) is 11.1. The van der Waals surface area contributed by atoms with E-state index in [1.165, 1.54) is 0 Å². The molecular formula is C14H15ClN2O. The van der Waals surface area contributed by atoms with E-state index in [-0.39, 0.29) is 0 Å². The summed E-state index contributed by atoms with van der Waals surface area (Å²) < 4.78 is 0. The van der Waals surface area contributed by atoms with Gasteiger partial charge >= 0.3 is 0 Å². The Morgan fingerprint density at radius 1 is 1.33 bits per heavy atom. The molecule has 94 valence electrons. The lowest BCUT2D eigenvalue weighted by Crippen LogP contribution is -2.26. The van der Waals surface area contributed by atoms with Crippen LogP contribution in [0.5, 0.6) is 0 Å². The first kappa shape index (κ1) is 12.9. The predicted molar refractivity (Wildman–Crippen MR) is 73.5 cm³/mol. The number of benzene rings is 1. The molecule has 3 N–H and O–H groups in total. The maximum Gasteiger partial charge on any atom is 0.130 e. The van der Waals surface area contributed by atoms with Crippen LogP contribution in [0.2, 0.25) is 5.02 Å². The van der Waals surface area contributed by atoms with E-state index in [2.05, 4.69) is 4.98 Å². The molecule has 2 aromatic rings. The molecule has 0 bridgehead atoms. The Kier molecular flexibility index (Phi) is 3.28. The number of aromatic nitrogens is 1. The number of nitrogens with zero attached hydrogens (tertiary/aromatic N) is 1. The van der Waals surface area contributed by atoms with Crippen LogP contribution in [0.1, 0.15) is 23.6 Å². The molecule has 1 heterocycles. The van der Waals surface area contributed by atoms with Gasteiger partial charge in [0.25, 0.3) is 0 Å². The van der Waals surface area contributed by atoms with Gasteiger partial charge in [0, 0.05) is 16.8 Å². The minimum atomic E-state index is -1.21. The predicted octanol–water partition coefficient (Wildman–Crippen LogP) is 2.88. The third-order valence-electron chi connectivity index (χ3n) is 3.06. The standard InChI is InChI=1S/C14H15ClN2O/c1-9-6-7-17-13(16)12(9)14(2,18)10-4-3-5-11(15)8-10/h3-8,18H,1-2H3,(H2,16,17). The fourth-order valence-corrected chi connectivity index (χ4v) is 2.34. The van der Waals surface area contributed by atoms with Crippen LogP contribution < -0.4 is 5.73 Å². The molecule has 0 saturated heterocycles. The van der Waals surface area contributed by atoms with Gasteiger partial charge < -0.3 is 10.8 Å². The highest BCUT2D eigenvalue weighted by molar-refractivity contribution is 6.30. The molecule has 0 fully saturated rings. The summed E-state index contributed by atoms with van der Waals surface area (Å²) in [6.07, 6.45) is 1.63. The second-order valence-electron chi connectivity index (χ2n) is 4.47. The highest BCUT2D eigenvalue weighted by Gasteiger charge is 2.30. The van der Waals surface area contributed by atoms with Gasteiger partial charge in [-0.15, -0.1) is 0 Å². The lowest BCUT2D eigenvalue weighted by molar-refractivity contribution is 0.102. The smallest absolute Gasteiger partial charge is 0.130 e. The van der Waals surface area contributed by atoms with E-state index in [9.17, 15) is 5.11 Å². The van der Waals surface area contributed by atoms with Gasteiger partial charge in [0.15, 0.2) is 0 Å². The zero-order valence-electron chi connectivity index (χ0n) is 10.3. The van der Waals surface area contributed by atoms with Crippen molar-refractivity contribution in [2.24, 2.45) is 0 Å². The van der Waals surface area contributed by atoms with Crippen molar-refractivity contribution in [2.45, 2.75) is 19.4 Å². The number of aryl methyl sites for hydroxylation is 1. The first-order valence-corrected chi connectivity index (χ1v) is 6.00. The Morgan fingerprint density at radius 3 is 2.67 bits per heavy atom. The Hall–Kier alpha value is -1.58. The SMILES string of the molecule is Cc1ccnc(N)c1C(C)(O)c1cccc(Cl)c1. The molecule has 0 saturated carbocycles. The lowest BCUT2D eigenvalue weighted by Gasteiger charge is -2.27. The van der Waals surface area contributed by atoms with Crippen LogP contribution >= 0.6 is 11.6 Å². The van der Waals surface area contributed by atoms with Gasteiger partial charge in [-0.1, -0.05) is 23.7 Å². The molecule has 4 heteroatoms. The van der Waals surface area contributed by atoms with E-state index in [0.717, 1.165) is 5.56 Å². The third kappa shape index (κ3) is 2.19. The highest BCUT2D eigenvalue weighted by atomic mass is 35.5. The summed E-state index contributed by atoms with van der Waals surface area (Å²) >= 11 is 5.96. The molecule has 0 spiro atoms. The van der Waals surface area contributed by atoms with E-state index < -0.39 is 5.60 Å². The summed E-state index contributed by atoms with van der Waals surface area (Å²) in [4.78, 5) is 4.04. The van der Waals surface area contributed by atoms with Crippen molar-refractivity contribution in [1.29, 1.82) is 0 Å². The number of rotatable bonds is 2. The van der Waals surface area contributed by atoms with Gasteiger partial charge in [-0.3, -0.25) is 0 Å². The molecule has 1 unspecified atom stereocenters. The van der Waals surface area contributed by atoms with Crippen molar-refractivity contribution < 1.29 is 5.11 Å². The molecule has 0 amide bonds. The van der Waals surface area contributed by atoms with Gasteiger partial charge in [-0.25, -0.2) is 4.98 Å². The largest absolute Gasteiger partial charge is 0.383 e. The average molecular weight is 263 g/mol. The fourth-order valence-electron chi connectivity index (χ4n) is 2.15. The van der Waals surface area contributed by atoms with Crippen LogP contribution in [0, 0.1) is 6.92 Å². The van der Waals surface area contributed by atoms with Crippen LogP contribution in [0.25, 0.3) is 0 Å². The van der Waals surface area contributed by atoms with Crippen molar-refractivity contribution in [3.05, 3.63) is 58.2 Å². The zero-order chi connectivity index (χ0) is 13.3. The molecule has 1 aromatic heterocycles. The molecule has 1 atom stereocenters. The fraction of sp³-hybridized carbons (Fsp3) is 0.214. The topological polar surface area (TPSA) is 59.1 Å². The minimum absolute atomic E-state index is 0.333. The molecule has 2 rings (SSSR count). The second kappa shape index (κ2) is 4.59. The number of nitrogen functional groups attached to an aromatic ring is 1. The van der Waals surface area contributed by atoms with Crippen LogP contribution in [0.15, 0.2) is 36.5 Å². The summed E-state index contributed by atoms with van der Waals surface area (Å²) in [5.74, 6) is 0.333. The molecule has 1 aromatic carbocycles. The molecule has 3 nitrogen and oxygen atoms in total. The van der Waals surface area contributed by atoms with E-state index in [1.807, 2.05) is 19.1 Å². The maximum atomic E-state index is 10.8. The quantitative estimate of drug-likeness (QED) is 0.875. The van der Waals surface area contributed by atoms with E-state index >= 15 is 0 Å². The number of aliphatic hydroxyl groups is 1. The summed E-state index contributed by atoms with van der Waals surface area (Å²) in [6, 6.07) is 8.94. The van der Waals surface area contributed by atoms with Crippen LogP contribution in [-0.4, -0.2) is 10.1 Å². The summed E-state index contributed by atoms with van der Waals surface area (Å²) in [7, 11) is 0. The highest BCUT2D eigenvalue weighted by Crippen LogP contribution is 2.34. The normalized spacial score (nSPS) is 14.2. The van der Waals surface area contributed by atoms with Gasteiger partial charge in [-0.05, 0) is 43.2 Å². The molecular weight excluding hydrogens is 248 g/mol. The number of anilines is 1. The average Bonchev–Trinajstić information content (AvgIpc) is 2.28. The van der Waals surface area contributed by atoms with Gasteiger partial charge in [0.1, 0.15) is 11.4 Å². The number of nitrogens with two attached hydrogens (primary N) is 1. The number of hydrogen-bond donors (Lipinski definition) is 2. The minimum Gasteiger partial charge on any atom is -0.383 e. The second-order valence-corrected chi connectivity index (χ2v) is 4.91. The molecule has 0 aliphatic carbocycles. The first-order valence-electron chi connectivity index (χ1n) is 5.63. The Labute approximate surface area is 111 Å². The molecule has 18 heavy (non-hydrogen) atoms. The Bertz CT molecular complexity index is 562. The number of hydrogen-bond acceptors (Lipinski definition) is 3. The van der Waals surface area contributed by atoms with Gasteiger partial charge in [-0.2, -0.15) is 0 Å². The Morgan fingerprint density at radius 2 is 2.06 bits per heavy atom. The van der Waals surface area contributed by atoms with Crippen molar-refractivity contribution in [3.8, 4) is 0 Å². The van der Waals surface area contributed by atoms with E-state index in [0.29, 0.717) is 22.0 Å². The van der Waals surface area contributed by atoms with Gasteiger partial charge in [0.2, 0.25) is 0 Å². The maximum absolute atomic E-state index is 10.8. The van der Waals surface area contributed by atoms with Crippen LogP contribution in [-0.2, 0) is 5.60 Å². The first-order chi connectivity index (χ1) is 8.43. The van der Waals surface area contributed by atoms with Gasteiger partial charge in [0.05, 0.1) is 0 Å². The summed E-state index contributed by atoms with van der Waals surface area (Å²) in [6.45, 7) is 3.59. The molecule has 0 aliphatic rings. The van der Waals surface area contributed by atoms with E-state index in [1.54, 1.807) is 31.3 Å². The molecule has 0 radical (unpaired) electrons. The lowest BCUT2D eigenvalue weighted by atomic mass is 9.86. The van der Waals surface area contributed by atoms with Crippen molar-refractivity contribution >= 4 is 17.4 Å². The molecule has 0 aliphatic heterocycles. The summed E-state index contributed by atoms with van der Waals surface area (Å²) in [5, 5.41) is 11.3. The van der Waals surface area contributed by atoms with Crippen LogP contribution in [0.4, 0.5) is 5.82 Å². The summed E-state index contributed by atoms with van der Waals surface area (Å²) in [5.41, 5.74) is 6.87. The van der Waals surface area contributed by atoms with Crippen molar-refractivity contribution in [3.63, 3.8) is 0 Å². The van der Waals surface area contributed by atoms with E-state index in [4.69, 9.17) is 17.3 Å². The van der Waals surface area contributed by atoms with Crippen molar-refractivity contribution in [2.75, 3.05) is 5.73 Å². The number of pyridine rings is 1. The third-order valence-corrected chi connectivity index (χ3v) is 3.30. The number of halogens is 1. The van der Waals surface area contributed by atoms with Crippen molar-refractivity contribution in [1.82, 2.24) is 4.98 Å². The monoisotopic (exact) mass is 262 g/mol.